The minimum absolute atomic E-state index is 0.210. The van der Waals surface area contributed by atoms with Crippen molar-refractivity contribution >= 4 is 11.7 Å². The summed E-state index contributed by atoms with van der Waals surface area (Å²) in [6.45, 7) is 2.65. The maximum atomic E-state index is 11.9. The van der Waals surface area contributed by atoms with E-state index in [4.69, 9.17) is 4.74 Å². The highest BCUT2D eigenvalue weighted by Gasteiger charge is 2.17. The van der Waals surface area contributed by atoms with Gasteiger partial charge in [-0.15, -0.1) is 0 Å². The van der Waals surface area contributed by atoms with Crippen molar-refractivity contribution < 1.29 is 9.53 Å². The van der Waals surface area contributed by atoms with Crippen LogP contribution in [0, 0.1) is 0 Å². The van der Waals surface area contributed by atoms with Crippen LogP contribution in [0.25, 0.3) is 0 Å². The standard InChI is InChI=1S/C20H25N3O2/c1-23-13-11-19(12-14-23)25-18-9-7-16(8-10-18)15-21-20(24)22-17-5-3-2-4-6-17/h2-10,19H,11-15H2,1H3,(H2,21,22,24). The highest BCUT2D eigenvalue weighted by molar-refractivity contribution is 5.89. The Bertz CT molecular complexity index is 665. The minimum atomic E-state index is -0.210. The summed E-state index contributed by atoms with van der Waals surface area (Å²) in [4.78, 5) is 14.2. The van der Waals surface area contributed by atoms with Gasteiger partial charge in [0.2, 0.25) is 0 Å². The van der Waals surface area contributed by atoms with Crippen molar-refractivity contribution in [3.05, 3.63) is 60.2 Å². The van der Waals surface area contributed by atoms with Gasteiger partial charge in [0.15, 0.2) is 0 Å². The second kappa shape index (κ2) is 8.53. The number of para-hydroxylation sites is 1. The van der Waals surface area contributed by atoms with E-state index in [9.17, 15) is 4.79 Å². The van der Waals surface area contributed by atoms with Crippen LogP contribution in [-0.2, 0) is 6.54 Å². The Morgan fingerprint density at radius 3 is 2.44 bits per heavy atom. The molecule has 2 amide bonds. The van der Waals surface area contributed by atoms with Crippen LogP contribution in [0.3, 0.4) is 0 Å². The zero-order chi connectivity index (χ0) is 17.5. The van der Waals surface area contributed by atoms with Crippen LogP contribution in [0.4, 0.5) is 10.5 Å². The van der Waals surface area contributed by atoms with Gasteiger partial charge in [-0.05, 0) is 49.7 Å². The SMILES string of the molecule is CN1CCC(Oc2ccc(CNC(=O)Nc3ccccc3)cc2)CC1. The smallest absolute Gasteiger partial charge is 0.319 e. The molecule has 132 valence electrons. The molecule has 0 atom stereocenters. The fourth-order valence-corrected chi connectivity index (χ4v) is 2.86. The van der Waals surface area contributed by atoms with Crippen molar-refractivity contribution in [1.82, 2.24) is 10.2 Å². The number of hydrogen-bond donors (Lipinski definition) is 2. The summed E-state index contributed by atoms with van der Waals surface area (Å²) in [7, 11) is 2.14. The van der Waals surface area contributed by atoms with Crippen LogP contribution in [0.2, 0.25) is 0 Å². The molecular weight excluding hydrogens is 314 g/mol. The van der Waals surface area contributed by atoms with Crippen LogP contribution in [0.1, 0.15) is 18.4 Å². The first-order valence-corrected chi connectivity index (χ1v) is 8.73. The lowest BCUT2D eigenvalue weighted by Gasteiger charge is -2.29. The van der Waals surface area contributed by atoms with Crippen molar-refractivity contribution in [2.75, 3.05) is 25.5 Å². The van der Waals surface area contributed by atoms with Gasteiger partial charge in [-0.25, -0.2) is 4.79 Å². The first-order valence-electron chi connectivity index (χ1n) is 8.73. The van der Waals surface area contributed by atoms with Crippen LogP contribution in [-0.4, -0.2) is 37.2 Å². The van der Waals surface area contributed by atoms with Gasteiger partial charge >= 0.3 is 6.03 Å². The molecule has 1 aliphatic rings. The highest BCUT2D eigenvalue weighted by atomic mass is 16.5. The molecule has 1 heterocycles. The molecule has 5 heteroatoms. The molecule has 0 aromatic heterocycles. The monoisotopic (exact) mass is 339 g/mol. The molecule has 1 saturated heterocycles. The average Bonchev–Trinajstić information content (AvgIpc) is 2.64. The van der Waals surface area contributed by atoms with Crippen LogP contribution in [0.15, 0.2) is 54.6 Å². The molecule has 0 aliphatic carbocycles. The minimum Gasteiger partial charge on any atom is -0.490 e. The van der Waals surface area contributed by atoms with Gasteiger partial charge in [0.1, 0.15) is 11.9 Å². The molecule has 0 saturated carbocycles. The van der Waals surface area contributed by atoms with Crippen molar-refractivity contribution in [3.8, 4) is 5.75 Å². The second-order valence-electron chi connectivity index (χ2n) is 6.44. The lowest BCUT2D eigenvalue weighted by atomic mass is 10.1. The summed E-state index contributed by atoms with van der Waals surface area (Å²) in [5.41, 5.74) is 1.82. The molecular formula is C20H25N3O2. The number of anilines is 1. The summed E-state index contributed by atoms with van der Waals surface area (Å²) >= 11 is 0. The predicted octanol–water partition coefficient (Wildman–Crippen LogP) is 3.48. The molecule has 2 aromatic rings. The molecule has 0 spiro atoms. The number of likely N-dealkylation sites (tertiary alicyclic amines) is 1. The molecule has 2 N–H and O–H groups in total. The van der Waals surface area contributed by atoms with E-state index < -0.39 is 0 Å². The number of piperidine rings is 1. The summed E-state index contributed by atoms with van der Waals surface area (Å²) < 4.78 is 6.04. The van der Waals surface area contributed by atoms with E-state index in [2.05, 4.69) is 22.6 Å². The van der Waals surface area contributed by atoms with Crippen LogP contribution < -0.4 is 15.4 Å². The van der Waals surface area contributed by atoms with Gasteiger partial charge in [0.05, 0.1) is 0 Å². The Morgan fingerprint density at radius 1 is 1.08 bits per heavy atom. The number of carbonyl (C=O) groups excluding carboxylic acids is 1. The van der Waals surface area contributed by atoms with Crippen molar-refractivity contribution in [2.45, 2.75) is 25.5 Å². The van der Waals surface area contributed by atoms with E-state index in [0.717, 1.165) is 42.9 Å². The van der Waals surface area contributed by atoms with E-state index in [1.165, 1.54) is 0 Å². The third-order valence-electron chi connectivity index (χ3n) is 4.38. The number of nitrogens with one attached hydrogen (secondary N) is 2. The maximum absolute atomic E-state index is 11.9. The van der Waals surface area contributed by atoms with E-state index in [1.54, 1.807) is 0 Å². The van der Waals surface area contributed by atoms with E-state index >= 15 is 0 Å². The van der Waals surface area contributed by atoms with Gasteiger partial charge < -0.3 is 20.3 Å². The number of carbonyl (C=O) groups is 1. The third-order valence-corrected chi connectivity index (χ3v) is 4.38. The van der Waals surface area contributed by atoms with Gasteiger partial charge in [0.25, 0.3) is 0 Å². The van der Waals surface area contributed by atoms with Crippen molar-refractivity contribution in [3.63, 3.8) is 0 Å². The van der Waals surface area contributed by atoms with Gasteiger partial charge in [-0.2, -0.15) is 0 Å². The lowest BCUT2D eigenvalue weighted by Crippen LogP contribution is -2.35. The largest absolute Gasteiger partial charge is 0.490 e. The Labute approximate surface area is 149 Å². The fraction of sp³-hybridized carbons (Fsp3) is 0.350. The molecule has 3 rings (SSSR count). The Morgan fingerprint density at radius 2 is 1.76 bits per heavy atom. The lowest BCUT2D eigenvalue weighted by molar-refractivity contribution is 0.114. The Balaban J connectivity index is 1.43. The van der Waals surface area contributed by atoms with Gasteiger partial charge in [-0.1, -0.05) is 30.3 Å². The predicted molar refractivity (Wildman–Crippen MR) is 99.9 cm³/mol. The Hall–Kier alpha value is -2.53. The number of hydrogen-bond acceptors (Lipinski definition) is 3. The van der Waals surface area contributed by atoms with Crippen molar-refractivity contribution in [1.29, 1.82) is 0 Å². The molecule has 0 radical (unpaired) electrons. The Kier molecular flexibility index (Phi) is 5.90. The third kappa shape index (κ3) is 5.50. The first-order chi connectivity index (χ1) is 12.2. The summed E-state index contributed by atoms with van der Waals surface area (Å²) in [6.07, 6.45) is 2.44. The molecule has 5 nitrogen and oxygen atoms in total. The van der Waals surface area contributed by atoms with Crippen LogP contribution >= 0.6 is 0 Å². The molecule has 0 bridgehead atoms. The second-order valence-corrected chi connectivity index (χ2v) is 6.44. The van der Waals surface area contributed by atoms with Gasteiger partial charge in [-0.3, -0.25) is 0 Å². The normalized spacial score (nSPS) is 15.6. The zero-order valence-electron chi connectivity index (χ0n) is 14.6. The number of ether oxygens (including phenoxy) is 1. The number of urea groups is 1. The molecule has 2 aromatic carbocycles. The summed E-state index contributed by atoms with van der Waals surface area (Å²) in [5.74, 6) is 0.895. The number of nitrogens with zero attached hydrogens (tertiary/aromatic N) is 1. The molecule has 0 unspecified atom stereocenters. The highest BCUT2D eigenvalue weighted by Crippen LogP contribution is 2.19. The number of benzene rings is 2. The number of rotatable bonds is 5. The average molecular weight is 339 g/mol. The number of amides is 2. The first kappa shape index (κ1) is 17.3. The summed E-state index contributed by atoms with van der Waals surface area (Å²) in [5, 5.41) is 5.66. The quantitative estimate of drug-likeness (QED) is 0.877. The summed E-state index contributed by atoms with van der Waals surface area (Å²) in [6, 6.07) is 17.1. The van der Waals surface area contributed by atoms with E-state index in [1.807, 2.05) is 54.6 Å². The van der Waals surface area contributed by atoms with Gasteiger partial charge in [0, 0.05) is 25.3 Å². The van der Waals surface area contributed by atoms with Crippen LogP contribution in [0.5, 0.6) is 5.75 Å². The van der Waals surface area contributed by atoms with Crippen molar-refractivity contribution in [2.24, 2.45) is 0 Å². The fourth-order valence-electron chi connectivity index (χ4n) is 2.86. The molecule has 1 aliphatic heterocycles. The van der Waals surface area contributed by atoms with E-state index in [-0.39, 0.29) is 6.03 Å². The maximum Gasteiger partial charge on any atom is 0.319 e. The molecule has 25 heavy (non-hydrogen) atoms. The molecule has 1 fully saturated rings. The topological polar surface area (TPSA) is 53.6 Å². The zero-order valence-corrected chi connectivity index (χ0v) is 14.6. The van der Waals surface area contributed by atoms with E-state index in [0.29, 0.717) is 12.6 Å².